The van der Waals surface area contributed by atoms with Gasteiger partial charge in [0, 0.05) is 13.1 Å². The van der Waals surface area contributed by atoms with E-state index >= 15 is 0 Å². The average Bonchev–Trinajstić information content (AvgIpc) is 2.75. The molecule has 0 N–H and O–H groups in total. The van der Waals surface area contributed by atoms with Crippen LogP contribution in [0.15, 0.2) is 21.6 Å². The lowest BCUT2D eigenvalue weighted by Crippen LogP contribution is -2.33. The van der Waals surface area contributed by atoms with Crippen LogP contribution >= 0.6 is 11.6 Å². The second-order valence-electron chi connectivity index (χ2n) is 4.26. The van der Waals surface area contributed by atoms with Gasteiger partial charge in [0.15, 0.2) is 9.84 Å². The first-order valence-corrected chi connectivity index (χ1v) is 9.50. The molecular formula is C10H14ClNO5S2. The van der Waals surface area contributed by atoms with Gasteiger partial charge in [0.2, 0.25) is 5.09 Å². The van der Waals surface area contributed by atoms with Crippen molar-refractivity contribution >= 4 is 31.5 Å². The van der Waals surface area contributed by atoms with E-state index in [1.54, 1.807) is 0 Å². The van der Waals surface area contributed by atoms with E-state index in [0.29, 0.717) is 12.2 Å². The lowest BCUT2D eigenvalue weighted by molar-refractivity contribution is 0.381. The Kier molecular flexibility index (Phi) is 4.24. The Bertz CT molecular complexity index is 649. The number of nitrogens with zero attached hydrogens (tertiary/aromatic N) is 1. The van der Waals surface area contributed by atoms with E-state index in [4.69, 9.17) is 16.0 Å². The Morgan fingerprint density at radius 3 is 2.63 bits per heavy atom. The van der Waals surface area contributed by atoms with Crippen LogP contribution in [0, 0.1) is 0 Å². The Morgan fingerprint density at radius 2 is 2.00 bits per heavy atom. The van der Waals surface area contributed by atoms with Crippen LogP contribution in [0.1, 0.15) is 12.2 Å². The highest BCUT2D eigenvalue weighted by Gasteiger charge is 2.31. The molecule has 0 aromatic carbocycles. The molecule has 0 saturated carbocycles. The molecule has 1 fully saturated rings. The van der Waals surface area contributed by atoms with E-state index in [-0.39, 0.29) is 35.6 Å². The molecule has 1 aromatic heterocycles. The lowest BCUT2D eigenvalue weighted by atomic mass is 10.5. The smallest absolute Gasteiger partial charge is 0.276 e. The zero-order valence-corrected chi connectivity index (χ0v) is 12.5. The van der Waals surface area contributed by atoms with Gasteiger partial charge >= 0.3 is 0 Å². The van der Waals surface area contributed by atoms with Gasteiger partial charge in [-0.3, -0.25) is 0 Å². The minimum Gasteiger partial charge on any atom is -0.447 e. The van der Waals surface area contributed by atoms with Gasteiger partial charge in [-0.15, -0.1) is 11.6 Å². The molecule has 1 aliphatic rings. The largest absolute Gasteiger partial charge is 0.447 e. The zero-order chi connectivity index (χ0) is 14.1. The summed E-state index contributed by atoms with van der Waals surface area (Å²) in [5.74, 6) is 0.311. The standard InChI is InChI=1S/C10H14ClNO5S2/c11-8-9-2-3-10(17-9)19(15,16)12-4-1-6-18(13,14)7-5-12/h2-3H,1,4-8H2. The fraction of sp³-hybridized carbons (Fsp3) is 0.600. The van der Waals surface area contributed by atoms with Crippen molar-refractivity contribution in [3.63, 3.8) is 0 Å². The molecule has 2 rings (SSSR count). The summed E-state index contributed by atoms with van der Waals surface area (Å²) in [7, 11) is -6.93. The van der Waals surface area contributed by atoms with Gasteiger partial charge in [0.05, 0.1) is 17.4 Å². The molecule has 0 amide bonds. The molecule has 19 heavy (non-hydrogen) atoms. The summed E-state index contributed by atoms with van der Waals surface area (Å²) in [6.45, 7) is 0.139. The molecule has 1 saturated heterocycles. The van der Waals surface area contributed by atoms with E-state index < -0.39 is 19.9 Å². The van der Waals surface area contributed by atoms with Crippen molar-refractivity contribution in [1.82, 2.24) is 4.31 Å². The fourth-order valence-corrected chi connectivity index (χ4v) is 4.79. The van der Waals surface area contributed by atoms with Crippen LogP contribution in [0.3, 0.4) is 0 Å². The topological polar surface area (TPSA) is 84.7 Å². The third-order valence-electron chi connectivity index (χ3n) is 2.88. The van der Waals surface area contributed by atoms with E-state index in [1.165, 1.54) is 12.1 Å². The number of sulfone groups is 1. The highest BCUT2D eigenvalue weighted by molar-refractivity contribution is 7.91. The summed E-state index contributed by atoms with van der Waals surface area (Å²) in [6, 6.07) is 2.83. The molecular weight excluding hydrogens is 314 g/mol. The first-order chi connectivity index (χ1) is 8.85. The normalized spacial score (nSPS) is 21.1. The van der Waals surface area contributed by atoms with Crippen LogP contribution in [0.5, 0.6) is 0 Å². The van der Waals surface area contributed by atoms with E-state index in [2.05, 4.69) is 0 Å². The first-order valence-electron chi connectivity index (χ1n) is 5.70. The summed E-state index contributed by atoms with van der Waals surface area (Å²) < 4.78 is 53.8. The molecule has 108 valence electrons. The molecule has 0 aliphatic carbocycles. The minimum atomic E-state index is -3.78. The summed E-state index contributed by atoms with van der Waals surface area (Å²) >= 11 is 5.56. The van der Waals surface area contributed by atoms with E-state index in [0.717, 1.165) is 4.31 Å². The zero-order valence-electron chi connectivity index (χ0n) is 10.1. The van der Waals surface area contributed by atoms with Crippen molar-refractivity contribution in [3.05, 3.63) is 17.9 Å². The maximum atomic E-state index is 12.3. The van der Waals surface area contributed by atoms with Crippen LogP contribution in [0.4, 0.5) is 0 Å². The van der Waals surface area contributed by atoms with Crippen molar-refractivity contribution in [2.75, 3.05) is 24.6 Å². The van der Waals surface area contributed by atoms with E-state index in [1.807, 2.05) is 0 Å². The summed E-state index contributed by atoms with van der Waals surface area (Å²) in [6.07, 6.45) is 0.296. The summed E-state index contributed by atoms with van der Waals surface area (Å²) in [5.41, 5.74) is 0. The van der Waals surface area contributed by atoms with Gasteiger partial charge in [-0.1, -0.05) is 0 Å². The van der Waals surface area contributed by atoms with Gasteiger partial charge < -0.3 is 4.42 Å². The fourth-order valence-electron chi connectivity index (χ4n) is 1.85. The Labute approximate surface area is 117 Å². The van der Waals surface area contributed by atoms with Crippen molar-refractivity contribution in [2.45, 2.75) is 17.4 Å². The molecule has 1 aliphatic heterocycles. The lowest BCUT2D eigenvalue weighted by Gasteiger charge is -2.17. The summed E-state index contributed by atoms with van der Waals surface area (Å²) in [4.78, 5) is 0. The van der Waals surface area contributed by atoms with Crippen LogP contribution < -0.4 is 0 Å². The third kappa shape index (κ3) is 3.31. The van der Waals surface area contributed by atoms with E-state index in [9.17, 15) is 16.8 Å². The quantitative estimate of drug-likeness (QED) is 0.768. The third-order valence-corrected chi connectivity index (χ3v) is 6.63. The van der Waals surface area contributed by atoms with Crippen LogP contribution in [-0.4, -0.2) is 45.7 Å². The molecule has 0 atom stereocenters. The number of halogens is 1. The number of alkyl halides is 1. The Hall–Kier alpha value is -0.570. The van der Waals surface area contributed by atoms with Crippen molar-refractivity contribution in [2.24, 2.45) is 0 Å². The van der Waals surface area contributed by atoms with Crippen molar-refractivity contribution in [1.29, 1.82) is 0 Å². The second-order valence-corrected chi connectivity index (χ2v) is 8.70. The predicted molar refractivity (Wildman–Crippen MR) is 70.3 cm³/mol. The number of furan rings is 1. The molecule has 1 aromatic rings. The predicted octanol–water partition coefficient (Wildman–Crippen LogP) is 0.828. The maximum absolute atomic E-state index is 12.3. The number of hydrogen-bond acceptors (Lipinski definition) is 5. The highest BCUT2D eigenvalue weighted by Crippen LogP contribution is 2.21. The molecule has 0 spiro atoms. The van der Waals surface area contributed by atoms with Crippen molar-refractivity contribution < 1.29 is 21.3 Å². The van der Waals surface area contributed by atoms with Crippen molar-refractivity contribution in [3.8, 4) is 0 Å². The molecule has 2 heterocycles. The van der Waals surface area contributed by atoms with Gasteiger partial charge in [-0.2, -0.15) is 4.31 Å². The van der Waals surface area contributed by atoms with Gasteiger partial charge in [0.1, 0.15) is 5.76 Å². The minimum absolute atomic E-state index is 0.0180. The monoisotopic (exact) mass is 327 g/mol. The number of sulfonamides is 1. The molecule has 0 unspecified atom stereocenters. The van der Waals surface area contributed by atoms with Gasteiger partial charge in [-0.05, 0) is 18.6 Å². The summed E-state index contributed by atoms with van der Waals surface area (Å²) in [5, 5.41) is -0.192. The molecule has 0 bridgehead atoms. The van der Waals surface area contributed by atoms with Gasteiger partial charge in [0.25, 0.3) is 10.0 Å². The van der Waals surface area contributed by atoms with Crippen LogP contribution in [0.25, 0.3) is 0 Å². The molecule has 9 heteroatoms. The van der Waals surface area contributed by atoms with Crippen LogP contribution in [-0.2, 0) is 25.7 Å². The Morgan fingerprint density at radius 1 is 1.26 bits per heavy atom. The number of hydrogen-bond donors (Lipinski definition) is 0. The van der Waals surface area contributed by atoms with Gasteiger partial charge in [-0.25, -0.2) is 16.8 Å². The molecule has 6 nitrogen and oxygen atoms in total. The first kappa shape index (κ1) is 14.8. The van der Waals surface area contributed by atoms with Crippen LogP contribution in [0.2, 0.25) is 0 Å². The SMILES string of the molecule is O=S1(=O)CCCN(S(=O)(=O)c2ccc(CCl)o2)CC1. The molecule has 0 radical (unpaired) electrons. The number of rotatable bonds is 3. The Balaban J connectivity index is 2.24. The maximum Gasteiger partial charge on any atom is 0.276 e. The highest BCUT2D eigenvalue weighted by atomic mass is 35.5. The second kappa shape index (κ2) is 5.43. The average molecular weight is 328 g/mol.